The summed E-state index contributed by atoms with van der Waals surface area (Å²) < 4.78 is 0. The highest BCUT2D eigenvalue weighted by Gasteiger charge is 2.24. The van der Waals surface area contributed by atoms with E-state index in [1.54, 1.807) is 12.4 Å². The van der Waals surface area contributed by atoms with Crippen LogP contribution in [0.3, 0.4) is 0 Å². The summed E-state index contributed by atoms with van der Waals surface area (Å²) in [6.45, 7) is 2.97. The minimum Gasteiger partial charge on any atom is -0.478 e. The predicted octanol–water partition coefficient (Wildman–Crippen LogP) is 0.289. The standard InChI is InChI=1S/C13H16N4O3/c1-9(18)16-11-4-5-17(8-11)13-14-6-10(7-15-13)2-3-12(19)20/h2-3,6-7,11H,4-5,8H2,1H3,(H,16,18)(H,19,20)/b3-2+. The lowest BCUT2D eigenvalue weighted by atomic mass is 10.3. The van der Waals surface area contributed by atoms with Crippen LogP contribution in [0.15, 0.2) is 18.5 Å². The number of aromatic nitrogens is 2. The summed E-state index contributed by atoms with van der Waals surface area (Å²) in [5.74, 6) is -0.455. The van der Waals surface area contributed by atoms with E-state index in [9.17, 15) is 9.59 Å². The predicted molar refractivity (Wildman–Crippen MR) is 73.1 cm³/mol. The van der Waals surface area contributed by atoms with Crippen LogP contribution < -0.4 is 10.2 Å². The van der Waals surface area contributed by atoms with Gasteiger partial charge in [0.05, 0.1) is 0 Å². The number of hydrogen-bond donors (Lipinski definition) is 2. The SMILES string of the molecule is CC(=O)NC1CCN(c2ncc(/C=C/C(=O)O)cn2)C1. The van der Waals surface area contributed by atoms with Gasteiger partial charge in [-0.3, -0.25) is 4.79 Å². The molecule has 1 fully saturated rings. The first-order chi connectivity index (χ1) is 9.54. The topological polar surface area (TPSA) is 95.4 Å². The normalized spacial score (nSPS) is 18.4. The summed E-state index contributed by atoms with van der Waals surface area (Å²) in [4.78, 5) is 31.8. The first-order valence-corrected chi connectivity index (χ1v) is 6.29. The van der Waals surface area contributed by atoms with Gasteiger partial charge in [0, 0.05) is 50.1 Å². The quantitative estimate of drug-likeness (QED) is 0.767. The smallest absolute Gasteiger partial charge is 0.328 e. The van der Waals surface area contributed by atoms with E-state index in [2.05, 4.69) is 15.3 Å². The minimum absolute atomic E-state index is 0.0353. The summed E-state index contributed by atoms with van der Waals surface area (Å²) in [6.07, 6.45) is 6.50. The van der Waals surface area contributed by atoms with Crippen LogP contribution >= 0.6 is 0 Å². The van der Waals surface area contributed by atoms with Crippen LogP contribution in [0, 0.1) is 0 Å². The van der Waals surface area contributed by atoms with Gasteiger partial charge in [-0.2, -0.15) is 0 Å². The number of nitrogens with zero attached hydrogens (tertiary/aromatic N) is 3. The van der Waals surface area contributed by atoms with Crippen LogP contribution in [-0.4, -0.2) is 46.1 Å². The van der Waals surface area contributed by atoms with E-state index < -0.39 is 5.97 Å². The van der Waals surface area contributed by atoms with Gasteiger partial charge >= 0.3 is 5.97 Å². The lowest BCUT2D eigenvalue weighted by Crippen LogP contribution is -2.35. The highest BCUT2D eigenvalue weighted by atomic mass is 16.4. The summed E-state index contributed by atoms with van der Waals surface area (Å²) in [7, 11) is 0. The van der Waals surface area contributed by atoms with Crippen LogP contribution in [0.2, 0.25) is 0 Å². The molecule has 1 aromatic heterocycles. The first kappa shape index (κ1) is 14.0. The molecule has 1 unspecified atom stereocenters. The van der Waals surface area contributed by atoms with Gasteiger partial charge in [0.1, 0.15) is 0 Å². The molecule has 0 aromatic carbocycles. The summed E-state index contributed by atoms with van der Waals surface area (Å²) >= 11 is 0. The van der Waals surface area contributed by atoms with E-state index in [0.29, 0.717) is 18.1 Å². The number of carbonyl (C=O) groups excluding carboxylic acids is 1. The van der Waals surface area contributed by atoms with Crippen LogP contribution in [-0.2, 0) is 9.59 Å². The van der Waals surface area contributed by atoms with Crippen LogP contribution in [0.25, 0.3) is 6.08 Å². The van der Waals surface area contributed by atoms with E-state index in [0.717, 1.165) is 19.0 Å². The van der Waals surface area contributed by atoms with Gasteiger partial charge in [0.25, 0.3) is 0 Å². The Hall–Kier alpha value is -2.44. The largest absolute Gasteiger partial charge is 0.478 e. The third kappa shape index (κ3) is 3.78. The van der Waals surface area contributed by atoms with Crippen LogP contribution in [0.1, 0.15) is 18.9 Å². The third-order valence-electron chi connectivity index (χ3n) is 2.96. The number of hydrogen-bond acceptors (Lipinski definition) is 5. The highest BCUT2D eigenvalue weighted by molar-refractivity contribution is 5.85. The van der Waals surface area contributed by atoms with Gasteiger partial charge in [0.2, 0.25) is 11.9 Å². The maximum atomic E-state index is 11.0. The number of anilines is 1. The molecule has 20 heavy (non-hydrogen) atoms. The zero-order chi connectivity index (χ0) is 14.5. The molecule has 0 aliphatic carbocycles. The fourth-order valence-electron chi connectivity index (χ4n) is 2.10. The van der Waals surface area contributed by atoms with Crippen molar-refractivity contribution < 1.29 is 14.7 Å². The zero-order valence-electron chi connectivity index (χ0n) is 11.1. The van der Waals surface area contributed by atoms with Crippen LogP contribution in [0.4, 0.5) is 5.95 Å². The lowest BCUT2D eigenvalue weighted by molar-refractivity contribution is -0.131. The molecule has 2 rings (SSSR count). The van der Waals surface area contributed by atoms with Crippen molar-refractivity contribution in [2.75, 3.05) is 18.0 Å². The number of carboxylic acid groups (broad SMARTS) is 1. The summed E-state index contributed by atoms with van der Waals surface area (Å²) in [5.41, 5.74) is 0.633. The molecule has 1 aliphatic rings. The third-order valence-corrected chi connectivity index (χ3v) is 2.96. The van der Waals surface area contributed by atoms with Gasteiger partial charge in [-0.05, 0) is 12.5 Å². The molecule has 7 nitrogen and oxygen atoms in total. The average Bonchev–Trinajstić information content (AvgIpc) is 2.84. The average molecular weight is 276 g/mol. The van der Waals surface area contributed by atoms with Crippen molar-refractivity contribution in [2.45, 2.75) is 19.4 Å². The first-order valence-electron chi connectivity index (χ1n) is 6.29. The number of aliphatic carboxylic acids is 1. The number of rotatable bonds is 4. The zero-order valence-corrected chi connectivity index (χ0v) is 11.1. The molecular weight excluding hydrogens is 260 g/mol. The Labute approximate surface area is 116 Å². The van der Waals surface area contributed by atoms with Crippen molar-refractivity contribution in [3.63, 3.8) is 0 Å². The number of carbonyl (C=O) groups is 2. The highest BCUT2D eigenvalue weighted by Crippen LogP contribution is 2.16. The van der Waals surface area contributed by atoms with Gasteiger partial charge in [-0.15, -0.1) is 0 Å². The van der Waals surface area contributed by atoms with E-state index in [1.807, 2.05) is 4.90 Å². The maximum absolute atomic E-state index is 11.0. The number of nitrogens with one attached hydrogen (secondary N) is 1. The molecule has 0 spiro atoms. The molecule has 0 radical (unpaired) electrons. The van der Waals surface area contributed by atoms with E-state index >= 15 is 0 Å². The Morgan fingerprint density at radius 1 is 1.45 bits per heavy atom. The maximum Gasteiger partial charge on any atom is 0.328 e. The van der Waals surface area contributed by atoms with Crippen molar-refractivity contribution in [2.24, 2.45) is 0 Å². The van der Waals surface area contributed by atoms with E-state index in [1.165, 1.54) is 13.0 Å². The molecule has 1 amide bonds. The molecule has 0 bridgehead atoms. The van der Waals surface area contributed by atoms with Crippen molar-refractivity contribution in [1.82, 2.24) is 15.3 Å². The fraction of sp³-hybridized carbons (Fsp3) is 0.385. The molecule has 2 heterocycles. The minimum atomic E-state index is -1.01. The Morgan fingerprint density at radius 3 is 2.75 bits per heavy atom. The molecule has 1 aromatic rings. The molecule has 1 saturated heterocycles. The van der Waals surface area contributed by atoms with Crippen molar-refractivity contribution >= 4 is 23.9 Å². The number of carboxylic acids is 1. The van der Waals surface area contributed by atoms with E-state index in [4.69, 9.17) is 5.11 Å². The Balaban J connectivity index is 1.97. The molecule has 106 valence electrons. The van der Waals surface area contributed by atoms with Crippen molar-refractivity contribution in [1.29, 1.82) is 0 Å². The Bertz CT molecular complexity index is 527. The van der Waals surface area contributed by atoms with Crippen molar-refractivity contribution in [3.8, 4) is 0 Å². The molecule has 1 atom stereocenters. The number of amides is 1. The Morgan fingerprint density at radius 2 is 2.15 bits per heavy atom. The van der Waals surface area contributed by atoms with Gasteiger partial charge < -0.3 is 15.3 Å². The second-order valence-electron chi connectivity index (χ2n) is 4.62. The Kier molecular flexibility index (Phi) is 4.29. The van der Waals surface area contributed by atoms with Gasteiger partial charge in [0.15, 0.2) is 0 Å². The molecule has 0 saturated carbocycles. The molecule has 1 aliphatic heterocycles. The molecule has 2 N–H and O–H groups in total. The van der Waals surface area contributed by atoms with Crippen molar-refractivity contribution in [3.05, 3.63) is 24.0 Å². The molecular formula is C13H16N4O3. The van der Waals surface area contributed by atoms with Gasteiger partial charge in [-0.25, -0.2) is 14.8 Å². The fourth-order valence-corrected chi connectivity index (χ4v) is 2.10. The second-order valence-corrected chi connectivity index (χ2v) is 4.62. The lowest BCUT2D eigenvalue weighted by Gasteiger charge is -2.16. The van der Waals surface area contributed by atoms with Crippen LogP contribution in [0.5, 0.6) is 0 Å². The van der Waals surface area contributed by atoms with E-state index in [-0.39, 0.29) is 11.9 Å². The van der Waals surface area contributed by atoms with Gasteiger partial charge in [-0.1, -0.05) is 0 Å². The second kappa shape index (κ2) is 6.14. The summed E-state index contributed by atoms with van der Waals surface area (Å²) in [6, 6.07) is 0.127. The molecule has 7 heteroatoms. The summed E-state index contributed by atoms with van der Waals surface area (Å²) in [5, 5.41) is 11.4. The monoisotopic (exact) mass is 276 g/mol.